The molecule has 1 aromatic heterocycles. The number of benzene rings is 1. The van der Waals surface area contributed by atoms with E-state index in [9.17, 15) is 0 Å². The average Bonchev–Trinajstić information content (AvgIpc) is 2.74. The molecule has 1 aromatic carbocycles. The van der Waals surface area contributed by atoms with Gasteiger partial charge in [-0.05, 0) is 61.0 Å². The van der Waals surface area contributed by atoms with Crippen LogP contribution in [0.4, 0.5) is 0 Å². The van der Waals surface area contributed by atoms with Crippen molar-refractivity contribution in [3.63, 3.8) is 0 Å². The molecular weight excluding hydrogens is 326 g/mol. The van der Waals surface area contributed by atoms with Crippen molar-refractivity contribution in [2.45, 2.75) is 32.9 Å². The zero-order chi connectivity index (χ0) is 14.0. The zero-order valence-corrected chi connectivity index (χ0v) is 13.6. The standard InChI is InChI=1S/C14H17BrClN3/c1-14(2,3)17-9-11-6-7-19(18-11)13-5-4-10(16)8-12(13)15/h4-8,17H,9H2,1-3H3. The van der Waals surface area contributed by atoms with Crippen molar-refractivity contribution in [2.75, 3.05) is 0 Å². The lowest BCUT2D eigenvalue weighted by Gasteiger charge is -2.19. The second-order valence-electron chi connectivity index (χ2n) is 5.45. The first-order chi connectivity index (χ1) is 8.85. The van der Waals surface area contributed by atoms with E-state index in [1.54, 1.807) is 0 Å². The number of rotatable bonds is 3. The maximum absolute atomic E-state index is 5.94. The molecule has 0 atom stereocenters. The molecule has 0 aliphatic heterocycles. The van der Waals surface area contributed by atoms with Crippen LogP contribution in [0.25, 0.3) is 5.69 Å². The molecule has 0 bridgehead atoms. The van der Waals surface area contributed by atoms with Gasteiger partial charge in [0.05, 0.1) is 11.4 Å². The van der Waals surface area contributed by atoms with Crippen molar-refractivity contribution in [2.24, 2.45) is 0 Å². The minimum atomic E-state index is 0.0879. The van der Waals surface area contributed by atoms with Crippen molar-refractivity contribution < 1.29 is 0 Å². The molecule has 0 amide bonds. The first kappa shape index (κ1) is 14.6. The summed E-state index contributed by atoms with van der Waals surface area (Å²) in [6.45, 7) is 7.17. The summed E-state index contributed by atoms with van der Waals surface area (Å²) in [5.74, 6) is 0. The van der Waals surface area contributed by atoms with Gasteiger partial charge < -0.3 is 5.32 Å². The molecule has 0 radical (unpaired) electrons. The Labute approximate surface area is 127 Å². The van der Waals surface area contributed by atoms with Crippen LogP contribution in [0.5, 0.6) is 0 Å². The molecule has 0 saturated carbocycles. The van der Waals surface area contributed by atoms with Crippen LogP contribution in [0.15, 0.2) is 34.9 Å². The summed E-state index contributed by atoms with van der Waals surface area (Å²) < 4.78 is 2.78. The Morgan fingerprint density at radius 2 is 2.05 bits per heavy atom. The van der Waals surface area contributed by atoms with E-state index in [-0.39, 0.29) is 5.54 Å². The number of hydrogen-bond donors (Lipinski definition) is 1. The van der Waals surface area contributed by atoms with Gasteiger partial charge >= 0.3 is 0 Å². The van der Waals surface area contributed by atoms with Crippen molar-refractivity contribution in [1.29, 1.82) is 0 Å². The summed E-state index contributed by atoms with van der Waals surface area (Å²) in [5, 5.41) is 8.68. The lowest BCUT2D eigenvalue weighted by atomic mass is 10.1. The van der Waals surface area contributed by atoms with Crippen LogP contribution < -0.4 is 5.32 Å². The molecule has 0 aliphatic carbocycles. The molecule has 19 heavy (non-hydrogen) atoms. The molecule has 1 N–H and O–H groups in total. The normalized spacial score (nSPS) is 11.8. The van der Waals surface area contributed by atoms with Crippen LogP contribution in [0.3, 0.4) is 0 Å². The number of halogens is 2. The van der Waals surface area contributed by atoms with Crippen LogP contribution in [0, 0.1) is 0 Å². The van der Waals surface area contributed by atoms with Gasteiger partial charge in [-0.25, -0.2) is 4.68 Å². The second kappa shape index (κ2) is 5.65. The van der Waals surface area contributed by atoms with E-state index in [1.165, 1.54) is 0 Å². The third kappa shape index (κ3) is 4.06. The van der Waals surface area contributed by atoms with Gasteiger partial charge in [-0.1, -0.05) is 11.6 Å². The molecule has 3 nitrogen and oxygen atoms in total. The van der Waals surface area contributed by atoms with Gasteiger partial charge in [0, 0.05) is 27.8 Å². The van der Waals surface area contributed by atoms with Crippen LogP contribution in [0.1, 0.15) is 26.5 Å². The molecule has 0 aliphatic rings. The fourth-order valence-corrected chi connectivity index (χ4v) is 2.48. The molecule has 2 rings (SSSR count). The highest BCUT2D eigenvalue weighted by atomic mass is 79.9. The van der Waals surface area contributed by atoms with Crippen molar-refractivity contribution >= 4 is 27.5 Å². The highest BCUT2D eigenvalue weighted by Gasteiger charge is 2.10. The summed E-state index contributed by atoms with van der Waals surface area (Å²) in [6.07, 6.45) is 1.95. The summed E-state index contributed by atoms with van der Waals surface area (Å²) in [7, 11) is 0. The van der Waals surface area contributed by atoms with Crippen molar-refractivity contribution in [1.82, 2.24) is 15.1 Å². The van der Waals surface area contributed by atoms with Crippen molar-refractivity contribution in [3.8, 4) is 5.69 Å². The Hall–Kier alpha value is -0.840. The molecule has 0 saturated heterocycles. The summed E-state index contributed by atoms with van der Waals surface area (Å²) in [6, 6.07) is 7.68. The summed E-state index contributed by atoms with van der Waals surface area (Å²) >= 11 is 9.44. The Morgan fingerprint density at radius 1 is 1.32 bits per heavy atom. The van der Waals surface area contributed by atoms with Gasteiger partial charge in [0.2, 0.25) is 0 Å². The summed E-state index contributed by atoms with van der Waals surface area (Å²) in [4.78, 5) is 0. The Balaban J connectivity index is 2.16. The minimum absolute atomic E-state index is 0.0879. The fourth-order valence-electron chi connectivity index (χ4n) is 1.61. The third-order valence-corrected chi connectivity index (χ3v) is 3.47. The topological polar surface area (TPSA) is 29.9 Å². The van der Waals surface area contributed by atoms with Gasteiger partial charge in [0.25, 0.3) is 0 Å². The Bertz CT molecular complexity index is 572. The molecule has 0 unspecified atom stereocenters. The SMILES string of the molecule is CC(C)(C)NCc1ccn(-c2ccc(Cl)cc2Br)n1. The number of nitrogens with one attached hydrogen (secondary N) is 1. The predicted molar refractivity (Wildman–Crippen MR) is 82.9 cm³/mol. The maximum Gasteiger partial charge on any atom is 0.0788 e. The van der Waals surface area contributed by atoms with Crippen LogP contribution in [-0.4, -0.2) is 15.3 Å². The van der Waals surface area contributed by atoms with Crippen LogP contribution in [0.2, 0.25) is 5.02 Å². The van der Waals surface area contributed by atoms with E-state index < -0.39 is 0 Å². The minimum Gasteiger partial charge on any atom is -0.306 e. The van der Waals surface area contributed by atoms with Gasteiger partial charge in [-0.2, -0.15) is 5.10 Å². The van der Waals surface area contributed by atoms with E-state index in [0.29, 0.717) is 5.02 Å². The monoisotopic (exact) mass is 341 g/mol. The Kier molecular flexibility index (Phi) is 4.33. The number of hydrogen-bond acceptors (Lipinski definition) is 2. The highest BCUT2D eigenvalue weighted by molar-refractivity contribution is 9.10. The van der Waals surface area contributed by atoms with Crippen LogP contribution >= 0.6 is 27.5 Å². The van der Waals surface area contributed by atoms with E-state index in [4.69, 9.17) is 11.6 Å². The number of nitrogens with zero attached hydrogens (tertiary/aromatic N) is 2. The molecule has 5 heteroatoms. The maximum atomic E-state index is 5.94. The smallest absolute Gasteiger partial charge is 0.0788 e. The largest absolute Gasteiger partial charge is 0.306 e. The first-order valence-corrected chi connectivity index (χ1v) is 7.27. The molecule has 1 heterocycles. The lowest BCUT2D eigenvalue weighted by molar-refractivity contribution is 0.420. The average molecular weight is 343 g/mol. The van der Waals surface area contributed by atoms with Gasteiger partial charge in [0.15, 0.2) is 0 Å². The molecular formula is C14H17BrClN3. The van der Waals surface area contributed by atoms with E-state index in [1.807, 2.05) is 35.1 Å². The molecule has 0 fully saturated rings. The van der Waals surface area contributed by atoms with Gasteiger partial charge in [-0.3, -0.25) is 0 Å². The number of aromatic nitrogens is 2. The van der Waals surface area contributed by atoms with E-state index in [0.717, 1.165) is 22.4 Å². The van der Waals surface area contributed by atoms with Crippen molar-refractivity contribution in [3.05, 3.63) is 45.7 Å². The third-order valence-electron chi connectivity index (χ3n) is 2.60. The quantitative estimate of drug-likeness (QED) is 0.907. The molecule has 0 spiro atoms. The summed E-state index contributed by atoms with van der Waals surface area (Å²) in [5.41, 5.74) is 2.08. The van der Waals surface area contributed by atoms with E-state index >= 15 is 0 Å². The van der Waals surface area contributed by atoms with Crippen LogP contribution in [-0.2, 0) is 6.54 Å². The fraction of sp³-hybridized carbons (Fsp3) is 0.357. The zero-order valence-electron chi connectivity index (χ0n) is 11.2. The Morgan fingerprint density at radius 3 is 2.68 bits per heavy atom. The van der Waals surface area contributed by atoms with Gasteiger partial charge in [-0.15, -0.1) is 0 Å². The van der Waals surface area contributed by atoms with Gasteiger partial charge in [0.1, 0.15) is 0 Å². The highest BCUT2D eigenvalue weighted by Crippen LogP contribution is 2.24. The predicted octanol–water partition coefficient (Wildman–Crippen LogP) is 4.18. The molecule has 102 valence electrons. The second-order valence-corrected chi connectivity index (χ2v) is 6.74. The lowest BCUT2D eigenvalue weighted by Crippen LogP contribution is -2.35. The van der Waals surface area contributed by atoms with E-state index in [2.05, 4.69) is 47.1 Å². The first-order valence-electron chi connectivity index (χ1n) is 6.10. The molecule has 2 aromatic rings.